The Labute approximate surface area is 480 Å². The van der Waals surface area contributed by atoms with Gasteiger partial charge in [-0.1, -0.05) is 346 Å². The highest BCUT2D eigenvalue weighted by molar-refractivity contribution is 5.71. The molecule has 0 heterocycles. The molecule has 0 fully saturated rings. The van der Waals surface area contributed by atoms with E-state index in [-0.39, 0.29) is 31.1 Å². The first-order valence-corrected chi connectivity index (χ1v) is 34.5. The van der Waals surface area contributed by atoms with Crippen LogP contribution in [0.15, 0.2) is 36.5 Å². The maximum atomic E-state index is 12.9. The summed E-state index contributed by atoms with van der Waals surface area (Å²) in [5.41, 5.74) is 0. The minimum atomic E-state index is -0.781. The molecule has 0 amide bonds. The third-order valence-corrected chi connectivity index (χ3v) is 15.7. The van der Waals surface area contributed by atoms with Crippen LogP contribution >= 0.6 is 0 Å². The van der Waals surface area contributed by atoms with Crippen molar-refractivity contribution in [3.8, 4) is 0 Å². The quantitative estimate of drug-likeness (QED) is 0.0261. The lowest BCUT2D eigenvalue weighted by atomic mass is 10.0. The SMILES string of the molecule is CC/C=C\C/C=C\C/C=C\CCCCCC(=O)OCC(COC(=O)CCCCCCCCCCCCCCCCCCCCCCCCCCCCCCCC)OC(=O)CCCCCCCCCCCCCCCCCC. The Balaban J connectivity index is 4.13. The van der Waals surface area contributed by atoms with E-state index in [1.807, 2.05) is 0 Å². The van der Waals surface area contributed by atoms with Crippen molar-refractivity contribution in [1.82, 2.24) is 0 Å². The number of carbonyl (C=O) groups is 3. The molecule has 0 saturated heterocycles. The fourth-order valence-corrected chi connectivity index (χ4v) is 10.5. The van der Waals surface area contributed by atoms with Crippen molar-refractivity contribution in [2.45, 2.75) is 386 Å². The van der Waals surface area contributed by atoms with Gasteiger partial charge >= 0.3 is 17.9 Å². The molecule has 0 saturated carbocycles. The van der Waals surface area contributed by atoms with Gasteiger partial charge in [-0.3, -0.25) is 14.4 Å². The predicted molar refractivity (Wildman–Crippen MR) is 335 cm³/mol. The first kappa shape index (κ1) is 74.6. The summed E-state index contributed by atoms with van der Waals surface area (Å²) in [7, 11) is 0. The van der Waals surface area contributed by atoms with Gasteiger partial charge in [-0.15, -0.1) is 0 Å². The highest BCUT2D eigenvalue weighted by atomic mass is 16.6. The number of hydrogen-bond donors (Lipinski definition) is 0. The van der Waals surface area contributed by atoms with Crippen molar-refractivity contribution in [1.29, 1.82) is 0 Å². The summed E-state index contributed by atoms with van der Waals surface area (Å²) in [5, 5.41) is 0. The highest BCUT2D eigenvalue weighted by Gasteiger charge is 2.19. The molecule has 452 valence electrons. The van der Waals surface area contributed by atoms with Crippen LogP contribution in [0.5, 0.6) is 0 Å². The Morgan fingerprint density at radius 1 is 0.273 bits per heavy atom. The van der Waals surface area contributed by atoms with Gasteiger partial charge in [0.1, 0.15) is 13.2 Å². The van der Waals surface area contributed by atoms with Gasteiger partial charge in [-0.2, -0.15) is 0 Å². The summed E-state index contributed by atoms with van der Waals surface area (Å²) in [6.07, 6.45) is 81.9. The number of rotatable bonds is 64. The van der Waals surface area contributed by atoms with E-state index < -0.39 is 6.10 Å². The highest BCUT2D eigenvalue weighted by Crippen LogP contribution is 2.19. The van der Waals surface area contributed by atoms with E-state index >= 15 is 0 Å². The van der Waals surface area contributed by atoms with E-state index in [1.165, 1.54) is 257 Å². The molecule has 6 heteroatoms. The van der Waals surface area contributed by atoms with E-state index in [0.29, 0.717) is 19.3 Å². The normalized spacial score (nSPS) is 12.2. The molecule has 0 N–H and O–H groups in total. The molecule has 0 spiro atoms. The lowest BCUT2D eigenvalue weighted by molar-refractivity contribution is -0.167. The number of esters is 3. The number of carbonyl (C=O) groups excluding carboxylic acids is 3. The van der Waals surface area contributed by atoms with Crippen molar-refractivity contribution in [3.05, 3.63) is 36.5 Å². The van der Waals surface area contributed by atoms with Crippen molar-refractivity contribution in [2.75, 3.05) is 13.2 Å². The van der Waals surface area contributed by atoms with Gasteiger partial charge in [-0.05, 0) is 51.4 Å². The molecule has 6 nitrogen and oxygen atoms in total. The molecular formula is C71H132O6. The zero-order valence-electron chi connectivity index (χ0n) is 52.0. The number of allylic oxidation sites excluding steroid dienone is 6. The van der Waals surface area contributed by atoms with E-state index in [9.17, 15) is 14.4 Å². The summed E-state index contributed by atoms with van der Waals surface area (Å²) >= 11 is 0. The minimum Gasteiger partial charge on any atom is -0.462 e. The number of hydrogen-bond acceptors (Lipinski definition) is 6. The molecule has 0 aromatic rings. The Hall–Kier alpha value is -2.37. The molecule has 0 aliphatic carbocycles. The van der Waals surface area contributed by atoms with Crippen LogP contribution in [0.2, 0.25) is 0 Å². The first-order chi connectivity index (χ1) is 38.0. The maximum Gasteiger partial charge on any atom is 0.306 e. The Morgan fingerprint density at radius 2 is 0.506 bits per heavy atom. The average Bonchev–Trinajstić information content (AvgIpc) is 3.43. The van der Waals surface area contributed by atoms with Crippen LogP contribution in [0.4, 0.5) is 0 Å². The smallest absolute Gasteiger partial charge is 0.306 e. The van der Waals surface area contributed by atoms with Gasteiger partial charge < -0.3 is 14.2 Å². The first-order valence-electron chi connectivity index (χ1n) is 34.5. The Bertz CT molecular complexity index is 1290. The average molecular weight is 1080 g/mol. The van der Waals surface area contributed by atoms with Gasteiger partial charge in [0, 0.05) is 19.3 Å². The lowest BCUT2D eigenvalue weighted by Gasteiger charge is -2.18. The van der Waals surface area contributed by atoms with Crippen LogP contribution in [-0.2, 0) is 28.6 Å². The second-order valence-corrected chi connectivity index (χ2v) is 23.4. The van der Waals surface area contributed by atoms with E-state index in [4.69, 9.17) is 14.2 Å². The zero-order valence-corrected chi connectivity index (χ0v) is 52.0. The predicted octanol–water partition coefficient (Wildman–Crippen LogP) is 23.6. The number of ether oxygens (including phenoxy) is 3. The van der Waals surface area contributed by atoms with Crippen molar-refractivity contribution < 1.29 is 28.6 Å². The van der Waals surface area contributed by atoms with Crippen LogP contribution in [-0.4, -0.2) is 37.2 Å². The summed E-state index contributed by atoms with van der Waals surface area (Å²) in [4.78, 5) is 38.3. The van der Waals surface area contributed by atoms with Crippen molar-refractivity contribution >= 4 is 17.9 Å². The molecular weight excluding hydrogens is 949 g/mol. The van der Waals surface area contributed by atoms with E-state index in [2.05, 4.69) is 57.2 Å². The van der Waals surface area contributed by atoms with Crippen LogP contribution in [0.3, 0.4) is 0 Å². The van der Waals surface area contributed by atoms with Gasteiger partial charge in [0.25, 0.3) is 0 Å². The molecule has 0 aliphatic heterocycles. The minimum absolute atomic E-state index is 0.0760. The van der Waals surface area contributed by atoms with Crippen LogP contribution in [0.1, 0.15) is 380 Å². The van der Waals surface area contributed by atoms with Crippen LogP contribution in [0.25, 0.3) is 0 Å². The summed E-state index contributed by atoms with van der Waals surface area (Å²) in [6, 6.07) is 0. The van der Waals surface area contributed by atoms with E-state index in [1.54, 1.807) is 0 Å². The third kappa shape index (κ3) is 64.3. The standard InChI is InChI=1S/C71H132O6/c1-4-7-10-13-16-19-22-25-27-29-30-31-32-33-34-35-36-37-38-39-40-41-42-44-46-49-52-55-58-61-64-70(73)76-67-68(66-75-69(72)63-60-57-54-51-48-45-24-21-18-15-12-9-6-3)77-71(74)65-62-59-56-53-50-47-43-28-26-23-20-17-14-11-8-5-2/h9,12,18,21,45,48,68H,4-8,10-11,13-17,19-20,22-44,46-47,49-67H2,1-3H3/b12-9-,21-18-,48-45-. The summed E-state index contributed by atoms with van der Waals surface area (Å²) < 4.78 is 16.9. The van der Waals surface area contributed by atoms with Crippen molar-refractivity contribution in [3.63, 3.8) is 0 Å². The monoisotopic (exact) mass is 1080 g/mol. The fourth-order valence-electron chi connectivity index (χ4n) is 10.5. The second kappa shape index (κ2) is 66.1. The van der Waals surface area contributed by atoms with Gasteiger partial charge in [0.05, 0.1) is 0 Å². The number of unbranched alkanes of at least 4 members (excludes halogenated alkanes) is 47. The lowest BCUT2D eigenvalue weighted by Crippen LogP contribution is -2.30. The molecule has 0 aromatic carbocycles. The second-order valence-electron chi connectivity index (χ2n) is 23.4. The van der Waals surface area contributed by atoms with Crippen LogP contribution in [0, 0.1) is 0 Å². The Kier molecular flexibility index (Phi) is 64.1. The summed E-state index contributed by atoms with van der Waals surface area (Å²) in [5.74, 6) is -0.880. The van der Waals surface area contributed by atoms with Gasteiger partial charge in [0.15, 0.2) is 6.10 Å². The summed E-state index contributed by atoms with van der Waals surface area (Å²) in [6.45, 7) is 6.57. The maximum absolute atomic E-state index is 12.9. The molecule has 0 bridgehead atoms. The van der Waals surface area contributed by atoms with Crippen LogP contribution < -0.4 is 0 Å². The molecule has 77 heavy (non-hydrogen) atoms. The van der Waals surface area contributed by atoms with Gasteiger partial charge in [0.2, 0.25) is 0 Å². The molecule has 0 rings (SSSR count). The molecule has 1 unspecified atom stereocenters. The third-order valence-electron chi connectivity index (χ3n) is 15.7. The fraction of sp³-hybridized carbons (Fsp3) is 0.873. The zero-order chi connectivity index (χ0) is 55.7. The van der Waals surface area contributed by atoms with Crippen molar-refractivity contribution in [2.24, 2.45) is 0 Å². The largest absolute Gasteiger partial charge is 0.462 e. The molecule has 0 aliphatic rings. The topological polar surface area (TPSA) is 78.9 Å². The molecule has 0 radical (unpaired) electrons. The van der Waals surface area contributed by atoms with Gasteiger partial charge in [-0.25, -0.2) is 0 Å². The molecule has 0 aromatic heterocycles. The van der Waals surface area contributed by atoms with E-state index in [0.717, 1.165) is 83.5 Å². The Morgan fingerprint density at radius 3 is 0.792 bits per heavy atom. The molecule has 1 atom stereocenters.